The van der Waals surface area contributed by atoms with Gasteiger partial charge >= 0.3 is 0 Å². The van der Waals surface area contributed by atoms with E-state index in [0.29, 0.717) is 17.9 Å². The predicted octanol–water partition coefficient (Wildman–Crippen LogP) is 6.89. The number of nitrogens with zero attached hydrogens (tertiary/aromatic N) is 2. The van der Waals surface area contributed by atoms with Crippen molar-refractivity contribution in [1.29, 1.82) is 0 Å². The van der Waals surface area contributed by atoms with Crippen molar-refractivity contribution in [2.45, 2.75) is 46.1 Å². The number of ketones is 1. The van der Waals surface area contributed by atoms with E-state index in [1.54, 1.807) is 6.07 Å². The highest BCUT2D eigenvalue weighted by molar-refractivity contribution is 6.51. The Hall–Kier alpha value is -4.32. The molecule has 5 rings (SSSR count). The molecule has 6 nitrogen and oxygen atoms in total. The number of carbonyl (C=O) groups excluding carboxylic acids is 2. The number of Topliss-reactive ketones (excluding diaryl/α,β-unsaturated/α-hetero) is 1. The number of aromatic nitrogens is 1. The summed E-state index contributed by atoms with van der Waals surface area (Å²) in [6.07, 6.45) is 2.81. The molecule has 0 bridgehead atoms. The molecule has 0 saturated carbocycles. The molecule has 1 atom stereocenters. The van der Waals surface area contributed by atoms with E-state index >= 15 is 0 Å². The molecule has 1 fully saturated rings. The van der Waals surface area contributed by atoms with Gasteiger partial charge in [0.15, 0.2) is 0 Å². The molecule has 2 heterocycles. The number of carbonyl (C=O) groups is 2. The van der Waals surface area contributed by atoms with Gasteiger partial charge in [-0.1, -0.05) is 51.1 Å². The third-order valence-corrected chi connectivity index (χ3v) is 7.49. The molecule has 0 aliphatic carbocycles. The van der Waals surface area contributed by atoms with Gasteiger partial charge in [0.2, 0.25) is 0 Å². The second kappa shape index (κ2) is 10.4. The van der Waals surface area contributed by atoms with Crippen molar-refractivity contribution in [2.24, 2.45) is 7.05 Å². The van der Waals surface area contributed by atoms with Crippen LogP contribution in [-0.2, 0) is 23.1 Å². The zero-order chi connectivity index (χ0) is 27.8. The highest BCUT2D eigenvalue weighted by Crippen LogP contribution is 2.45. The van der Waals surface area contributed by atoms with Crippen LogP contribution in [0.4, 0.5) is 5.69 Å². The maximum absolute atomic E-state index is 13.7. The molecule has 1 N–H and O–H groups in total. The number of aliphatic hydroxyl groups excluding tert-OH is 1. The quantitative estimate of drug-likeness (QED) is 0.163. The number of para-hydroxylation sites is 1. The SMILES string of the molecule is CCOc1ccc(/C(O)=C2\C(=O)C(=O)N(c3ccc(CC)cc3)C2c2cn(C)c3ccccc23)cc1C(C)C. The van der Waals surface area contributed by atoms with Crippen molar-refractivity contribution in [2.75, 3.05) is 11.5 Å². The van der Waals surface area contributed by atoms with Crippen LogP contribution in [0.5, 0.6) is 5.75 Å². The monoisotopic (exact) mass is 522 g/mol. The Morgan fingerprint density at radius 2 is 1.72 bits per heavy atom. The van der Waals surface area contributed by atoms with E-state index in [9.17, 15) is 14.7 Å². The van der Waals surface area contributed by atoms with Crippen LogP contribution < -0.4 is 9.64 Å². The summed E-state index contributed by atoms with van der Waals surface area (Å²) in [7, 11) is 1.94. The zero-order valence-corrected chi connectivity index (χ0v) is 23.1. The molecule has 6 heteroatoms. The number of aryl methyl sites for hydroxylation is 2. The number of fused-ring (bicyclic) bond motifs is 1. The van der Waals surface area contributed by atoms with Crippen LogP contribution in [0.1, 0.15) is 61.9 Å². The number of aliphatic hydroxyl groups is 1. The first-order valence-corrected chi connectivity index (χ1v) is 13.5. The molecule has 1 aliphatic heterocycles. The Morgan fingerprint density at radius 1 is 1.00 bits per heavy atom. The lowest BCUT2D eigenvalue weighted by Crippen LogP contribution is -2.29. The molecular weight excluding hydrogens is 488 g/mol. The molecule has 39 heavy (non-hydrogen) atoms. The average Bonchev–Trinajstić information content (AvgIpc) is 3.41. The van der Waals surface area contributed by atoms with Crippen LogP contribution in [0, 0.1) is 0 Å². The fourth-order valence-electron chi connectivity index (χ4n) is 5.47. The van der Waals surface area contributed by atoms with Crippen molar-refractivity contribution < 1.29 is 19.4 Å². The van der Waals surface area contributed by atoms with Crippen LogP contribution in [0.15, 0.2) is 78.5 Å². The fraction of sp³-hybridized carbons (Fsp3) is 0.273. The second-order valence-electron chi connectivity index (χ2n) is 10.2. The van der Waals surface area contributed by atoms with Crippen LogP contribution in [0.3, 0.4) is 0 Å². The van der Waals surface area contributed by atoms with Crippen LogP contribution in [-0.4, -0.2) is 28.0 Å². The Morgan fingerprint density at radius 3 is 2.38 bits per heavy atom. The Bertz CT molecular complexity index is 1590. The van der Waals surface area contributed by atoms with Crippen molar-refractivity contribution in [3.63, 3.8) is 0 Å². The molecule has 1 aliphatic rings. The molecule has 1 unspecified atom stereocenters. The van der Waals surface area contributed by atoms with Crippen molar-refractivity contribution in [3.05, 3.63) is 101 Å². The highest BCUT2D eigenvalue weighted by atomic mass is 16.5. The summed E-state index contributed by atoms with van der Waals surface area (Å²) in [5.41, 5.74) is 4.98. The first-order chi connectivity index (χ1) is 18.8. The van der Waals surface area contributed by atoms with Gasteiger partial charge in [0.05, 0.1) is 18.2 Å². The van der Waals surface area contributed by atoms with E-state index in [-0.39, 0.29) is 17.3 Å². The summed E-state index contributed by atoms with van der Waals surface area (Å²) in [4.78, 5) is 28.9. The van der Waals surface area contributed by atoms with Gasteiger partial charge in [-0.15, -0.1) is 0 Å². The molecule has 200 valence electrons. The van der Waals surface area contributed by atoms with E-state index < -0.39 is 17.7 Å². The van der Waals surface area contributed by atoms with E-state index in [4.69, 9.17) is 4.74 Å². The molecule has 0 spiro atoms. The lowest BCUT2D eigenvalue weighted by molar-refractivity contribution is -0.132. The minimum atomic E-state index is -0.794. The minimum absolute atomic E-state index is 0.0785. The molecule has 4 aromatic rings. The first-order valence-electron chi connectivity index (χ1n) is 13.5. The van der Waals surface area contributed by atoms with Crippen molar-refractivity contribution in [3.8, 4) is 5.75 Å². The van der Waals surface area contributed by atoms with Gasteiger partial charge in [0, 0.05) is 41.0 Å². The van der Waals surface area contributed by atoms with Gasteiger partial charge in [-0.3, -0.25) is 14.5 Å². The summed E-state index contributed by atoms with van der Waals surface area (Å²) in [6.45, 7) is 8.62. The second-order valence-corrected chi connectivity index (χ2v) is 10.2. The predicted molar refractivity (Wildman–Crippen MR) is 155 cm³/mol. The number of hydrogen-bond donors (Lipinski definition) is 1. The van der Waals surface area contributed by atoms with Gasteiger partial charge in [-0.2, -0.15) is 0 Å². The lowest BCUT2D eigenvalue weighted by atomic mass is 9.93. The van der Waals surface area contributed by atoms with E-state index in [1.165, 1.54) is 4.90 Å². The van der Waals surface area contributed by atoms with Crippen molar-refractivity contribution >= 4 is 34.0 Å². The third kappa shape index (κ3) is 4.50. The van der Waals surface area contributed by atoms with E-state index in [2.05, 4.69) is 20.8 Å². The van der Waals surface area contributed by atoms with Crippen LogP contribution in [0.2, 0.25) is 0 Å². The first kappa shape index (κ1) is 26.3. The fourth-order valence-corrected chi connectivity index (χ4v) is 5.47. The summed E-state index contributed by atoms with van der Waals surface area (Å²) < 4.78 is 7.79. The number of anilines is 1. The average molecular weight is 523 g/mol. The number of benzene rings is 3. The van der Waals surface area contributed by atoms with E-state index in [0.717, 1.165) is 39.8 Å². The standard InChI is InChI=1S/C33H34N2O4/c1-6-21-12-15-23(16-13-21)35-30(26-19-34(5)27-11-9-8-10-24(26)27)29(32(37)33(35)38)31(36)22-14-17-28(39-7-2)25(18-22)20(3)4/h8-20,30,36H,6-7H2,1-5H3/b31-29+. The largest absolute Gasteiger partial charge is 0.507 e. The number of hydrogen-bond acceptors (Lipinski definition) is 4. The van der Waals surface area contributed by atoms with Gasteiger partial charge < -0.3 is 14.4 Å². The Kier molecular flexibility index (Phi) is 7.04. The summed E-state index contributed by atoms with van der Waals surface area (Å²) in [5.74, 6) is -0.679. The minimum Gasteiger partial charge on any atom is -0.507 e. The molecule has 3 aromatic carbocycles. The number of ether oxygens (including phenoxy) is 1. The summed E-state index contributed by atoms with van der Waals surface area (Å²) in [6, 6.07) is 20.2. The summed E-state index contributed by atoms with van der Waals surface area (Å²) >= 11 is 0. The molecule has 1 amide bonds. The van der Waals surface area contributed by atoms with Gasteiger partial charge in [0.1, 0.15) is 11.5 Å². The number of rotatable bonds is 7. The van der Waals surface area contributed by atoms with Crippen LogP contribution >= 0.6 is 0 Å². The topological polar surface area (TPSA) is 71.8 Å². The lowest BCUT2D eigenvalue weighted by Gasteiger charge is -2.25. The third-order valence-electron chi connectivity index (χ3n) is 7.49. The molecular formula is C33H34N2O4. The highest BCUT2D eigenvalue weighted by Gasteiger charge is 2.48. The van der Waals surface area contributed by atoms with Gasteiger partial charge in [0.25, 0.3) is 11.7 Å². The Labute approximate surface area is 229 Å². The maximum Gasteiger partial charge on any atom is 0.300 e. The van der Waals surface area contributed by atoms with Gasteiger partial charge in [-0.05, 0) is 66.8 Å². The molecule has 1 saturated heterocycles. The normalized spacial score (nSPS) is 17.0. The summed E-state index contributed by atoms with van der Waals surface area (Å²) in [5, 5.41) is 12.6. The Balaban J connectivity index is 1.76. The van der Waals surface area contributed by atoms with Gasteiger partial charge in [-0.25, -0.2) is 0 Å². The maximum atomic E-state index is 13.7. The molecule has 0 radical (unpaired) electrons. The van der Waals surface area contributed by atoms with Crippen molar-refractivity contribution in [1.82, 2.24) is 4.57 Å². The van der Waals surface area contributed by atoms with E-state index in [1.807, 2.05) is 85.4 Å². The zero-order valence-electron chi connectivity index (χ0n) is 23.1. The number of amides is 1. The molecule has 1 aromatic heterocycles. The smallest absolute Gasteiger partial charge is 0.300 e. The van der Waals surface area contributed by atoms with Crippen LogP contribution in [0.25, 0.3) is 16.7 Å².